The number of nitrogens with zero attached hydrogens (tertiary/aromatic N) is 5. The van der Waals surface area contributed by atoms with Crippen LogP contribution in [0.2, 0.25) is 0 Å². The fraction of sp³-hybridized carbons (Fsp3) is 0.333. The van der Waals surface area contributed by atoms with Gasteiger partial charge in [-0.15, -0.1) is 0 Å². The molecule has 1 aliphatic heterocycles. The standard InChI is InChI=1S/C21H24N6O2/c1-25-14-17(10-23-25)20(28)22-12-19-8-5-9-27(19)21(29)18-11-24-26(15-18)13-16-6-3-2-4-7-16/h2-4,6-7,10-11,14-15,19H,5,8-9,12-13H2,1H3,(H,22,28). The van der Waals surface area contributed by atoms with Gasteiger partial charge in [-0.25, -0.2) is 0 Å². The lowest BCUT2D eigenvalue weighted by molar-refractivity contribution is 0.0725. The lowest BCUT2D eigenvalue weighted by atomic mass is 10.2. The number of nitrogens with one attached hydrogen (secondary N) is 1. The lowest BCUT2D eigenvalue weighted by Crippen LogP contribution is -2.43. The van der Waals surface area contributed by atoms with Gasteiger partial charge in [0.25, 0.3) is 11.8 Å². The van der Waals surface area contributed by atoms with Gasteiger partial charge in [-0.05, 0) is 18.4 Å². The molecular weight excluding hydrogens is 368 g/mol. The van der Waals surface area contributed by atoms with Crippen molar-refractivity contribution in [3.63, 3.8) is 0 Å². The van der Waals surface area contributed by atoms with Gasteiger partial charge < -0.3 is 10.2 Å². The first kappa shape index (κ1) is 18.9. The predicted octanol–water partition coefficient (Wildman–Crippen LogP) is 1.70. The van der Waals surface area contributed by atoms with Crippen LogP contribution in [0, 0.1) is 0 Å². The zero-order chi connectivity index (χ0) is 20.2. The van der Waals surface area contributed by atoms with E-state index in [9.17, 15) is 9.59 Å². The molecule has 0 radical (unpaired) electrons. The molecule has 8 nitrogen and oxygen atoms in total. The monoisotopic (exact) mass is 392 g/mol. The summed E-state index contributed by atoms with van der Waals surface area (Å²) in [4.78, 5) is 27.1. The fourth-order valence-corrected chi connectivity index (χ4v) is 3.66. The number of amides is 2. The Labute approximate surface area is 169 Å². The second-order valence-electron chi connectivity index (χ2n) is 7.32. The summed E-state index contributed by atoms with van der Waals surface area (Å²) in [5, 5.41) is 11.3. The molecule has 3 aromatic rings. The molecule has 2 aromatic heterocycles. The van der Waals surface area contributed by atoms with Crippen molar-refractivity contribution in [3.8, 4) is 0 Å². The smallest absolute Gasteiger partial charge is 0.257 e. The van der Waals surface area contributed by atoms with Gasteiger partial charge in [-0.3, -0.25) is 19.0 Å². The van der Waals surface area contributed by atoms with Crippen LogP contribution in [0.3, 0.4) is 0 Å². The minimum atomic E-state index is -0.173. The molecule has 1 saturated heterocycles. The van der Waals surface area contributed by atoms with E-state index in [2.05, 4.69) is 15.5 Å². The highest BCUT2D eigenvalue weighted by molar-refractivity contribution is 5.95. The van der Waals surface area contributed by atoms with Gasteiger partial charge in [0.1, 0.15) is 0 Å². The van der Waals surface area contributed by atoms with Crippen LogP contribution in [-0.4, -0.2) is 55.4 Å². The van der Waals surface area contributed by atoms with Crippen molar-refractivity contribution in [2.75, 3.05) is 13.1 Å². The second-order valence-corrected chi connectivity index (χ2v) is 7.32. The molecule has 1 aliphatic rings. The second kappa shape index (κ2) is 8.30. The third-order valence-electron chi connectivity index (χ3n) is 5.17. The van der Waals surface area contributed by atoms with E-state index in [0.29, 0.717) is 30.8 Å². The maximum Gasteiger partial charge on any atom is 0.257 e. The molecule has 29 heavy (non-hydrogen) atoms. The summed E-state index contributed by atoms with van der Waals surface area (Å²) in [6, 6.07) is 10.00. The Morgan fingerprint density at radius 3 is 2.66 bits per heavy atom. The third-order valence-corrected chi connectivity index (χ3v) is 5.17. The Hall–Kier alpha value is -3.42. The molecule has 2 amide bonds. The van der Waals surface area contributed by atoms with Crippen LogP contribution in [0.15, 0.2) is 55.1 Å². The molecule has 1 unspecified atom stereocenters. The Balaban J connectivity index is 1.37. The van der Waals surface area contributed by atoms with Gasteiger partial charge in [0.05, 0.1) is 30.1 Å². The molecule has 0 bridgehead atoms. The normalized spacial score (nSPS) is 16.2. The topological polar surface area (TPSA) is 85.0 Å². The van der Waals surface area contributed by atoms with Crippen molar-refractivity contribution in [2.45, 2.75) is 25.4 Å². The van der Waals surface area contributed by atoms with Crippen LogP contribution in [0.1, 0.15) is 39.1 Å². The Morgan fingerprint density at radius 1 is 1.10 bits per heavy atom. The first-order valence-electron chi connectivity index (χ1n) is 9.74. The Morgan fingerprint density at radius 2 is 1.90 bits per heavy atom. The average Bonchev–Trinajstić information content (AvgIpc) is 3.47. The summed E-state index contributed by atoms with van der Waals surface area (Å²) < 4.78 is 3.37. The number of hydrogen-bond acceptors (Lipinski definition) is 4. The zero-order valence-corrected chi connectivity index (χ0v) is 16.4. The molecule has 3 heterocycles. The van der Waals surface area contributed by atoms with Gasteiger partial charge >= 0.3 is 0 Å². The van der Waals surface area contributed by atoms with Gasteiger partial charge in [0.2, 0.25) is 0 Å². The summed E-state index contributed by atoms with van der Waals surface area (Å²) >= 11 is 0. The number of rotatable bonds is 6. The van der Waals surface area contributed by atoms with Gasteiger partial charge in [0, 0.05) is 38.6 Å². The number of hydrogen-bond donors (Lipinski definition) is 1. The van der Waals surface area contributed by atoms with Crippen molar-refractivity contribution in [2.24, 2.45) is 7.05 Å². The van der Waals surface area contributed by atoms with E-state index in [0.717, 1.165) is 18.4 Å². The van der Waals surface area contributed by atoms with E-state index < -0.39 is 0 Å². The number of carbonyl (C=O) groups excluding carboxylic acids is 2. The number of aromatic nitrogens is 4. The van der Waals surface area contributed by atoms with Crippen molar-refractivity contribution in [3.05, 3.63) is 71.8 Å². The summed E-state index contributed by atoms with van der Waals surface area (Å²) in [7, 11) is 1.77. The molecule has 150 valence electrons. The van der Waals surface area contributed by atoms with Crippen LogP contribution < -0.4 is 5.32 Å². The number of aryl methyl sites for hydroxylation is 1. The molecule has 1 atom stereocenters. The summed E-state index contributed by atoms with van der Waals surface area (Å²) in [5.41, 5.74) is 2.23. The van der Waals surface area contributed by atoms with Crippen molar-refractivity contribution >= 4 is 11.8 Å². The fourth-order valence-electron chi connectivity index (χ4n) is 3.66. The molecular formula is C21H24N6O2. The minimum absolute atomic E-state index is 0.0133. The Bertz CT molecular complexity index is 994. The molecule has 8 heteroatoms. The van der Waals surface area contributed by atoms with Crippen LogP contribution in [0.4, 0.5) is 0 Å². The minimum Gasteiger partial charge on any atom is -0.350 e. The maximum atomic E-state index is 13.0. The third kappa shape index (κ3) is 4.37. The maximum absolute atomic E-state index is 13.0. The zero-order valence-electron chi connectivity index (χ0n) is 16.4. The van der Waals surface area contributed by atoms with Gasteiger partial charge in [0.15, 0.2) is 0 Å². The van der Waals surface area contributed by atoms with Crippen LogP contribution in [-0.2, 0) is 13.6 Å². The molecule has 1 fully saturated rings. The number of benzene rings is 1. The van der Waals surface area contributed by atoms with Gasteiger partial charge in [-0.2, -0.15) is 10.2 Å². The van der Waals surface area contributed by atoms with Gasteiger partial charge in [-0.1, -0.05) is 30.3 Å². The highest BCUT2D eigenvalue weighted by atomic mass is 16.2. The average molecular weight is 392 g/mol. The lowest BCUT2D eigenvalue weighted by Gasteiger charge is -2.24. The molecule has 0 aliphatic carbocycles. The van der Waals surface area contributed by atoms with E-state index in [1.54, 1.807) is 35.0 Å². The predicted molar refractivity (Wildman–Crippen MR) is 107 cm³/mol. The molecule has 1 aromatic carbocycles. The number of likely N-dealkylation sites (tertiary alicyclic amines) is 1. The molecule has 0 spiro atoms. The highest BCUT2D eigenvalue weighted by Crippen LogP contribution is 2.20. The summed E-state index contributed by atoms with van der Waals surface area (Å²) in [6.07, 6.45) is 8.42. The number of carbonyl (C=O) groups is 2. The van der Waals surface area contributed by atoms with Crippen LogP contribution >= 0.6 is 0 Å². The van der Waals surface area contributed by atoms with Crippen LogP contribution in [0.5, 0.6) is 0 Å². The van der Waals surface area contributed by atoms with Crippen LogP contribution in [0.25, 0.3) is 0 Å². The highest BCUT2D eigenvalue weighted by Gasteiger charge is 2.30. The van der Waals surface area contributed by atoms with E-state index >= 15 is 0 Å². The van der Waals surface area contributed by atoms with E-state index in [1.165, 1.54) is 6.20 Å². The first-order valence-corrected chi connectivity index (χ1v) is 9.74. The van der Waals surface area contributed by atoms with E-state index in [1.807, 2.05) is 35.2 Å². The van der Waals surface area contributed by atoms with Crippen molar-refractivity contribution in [1.29, 1.82) is 0 Å². The van der Waals surface area contributed by atoms with Crippen molar-refractivity contribution < 1.29 is 9.59 Å². The molecule has 0 saturated carbocycles. The molecule has 1 N–H and O–H groups in total. The molecule has 4 rings (SSSR count). The van der Waals surface area contributed by atoms with E-state index in [-0.39, 0.29) is 17.9 Å². The Kier molecular flexibility index (Phi) is 5.41. The van der Waals surface area contributed by atoms with E-state index in [4.69, 9.17) is 0 Å². The quantitative estimate of drug-likeness (QED) is 0.692. The summed E-state index contributed by atoms with van der Waals surface area (Å²) in [5.74, 6) is -0.212. The first-order chi connectivity index (χ1) is 14.1. The van der Waals surface area contributed by atoms with Crippen molar-refractivity contribution in [1.82, 2.24) is 29.8 Å². The largest absolute Gasteiger partial charge is 0.350 e. The SMILES string of the molecule is Cn1cc(C(=O)NCC2CCCN2C(=O)c2cnn(Cc3ccccc3)c2)cn1. The summed E-state index contributed by atoms with van der Waals surface area (Å²) in [6.45, 7) is 1.74.